The van der Waals surface area contributed by atoms with Crippen molar-refractivity contribution in [1.82, 2.24) is 9.99 Å². The van der Waals surface area contributed by atoms with Crippen LogP contribution in [0.4, 0.5) is 10.1 Å². The molecule has 0 saturated heterocycles. The number of carbonyl (C=O) groups excluding carboxylic acids is 1. The van der Waals surface area contributed by atoms with Crippen molar-refractivity contribution in [2.45, 2.75) is 17.4 Å². The number of benzene rings is 4. The molecule has 45 heavy (non-hydrogen) atoms. The predicted molar refractivity (Wildman–Crippen MR) is 169 cm³/mol. The van der Waals surface area contributed by atoms with Gasteiger partial charge in [0, 0.05) is 29.6 Å². The maximum absolute atomic E-state index is 14.4. The second kappa shape index (κ2) is 12.4. The normalized spacial score (nSPS) is 14.7. The van der Waals surface area contributed by atoms with E-state index < -0.39 is 34.3 Å². The minimum atomic E-state index is -4.28. The van der Waals surface area contributed by atoms with E-state index in [-0.39, 0.29) is 10.6 Å². The minimum absolute atomic E-state index is 0.0324. The standard InChI is InChI=1S/C34H29FN4O5S/c1-43-28-14-8-23(9-15-28)31-20-32(24-6-10-26(35)11-7-24)39(37-31)34(40)22-38(27-12-16-29(44-2)17-13-27)45(41,42)33-5-3-4-25-21-36-19-18-30(25)33/h3-19,21,32H,20,22H2,1-2H3. The molecular formula is C34H29FN4O5S. The third-order valence-electron chi connectivity index (χ3n) is 7.69. The first-order valence-electron chi connectivity index (χ1n) is 14.1. The number of hydrogen-bond donors (Lipinski definition) is 0. The maximum atomic E-state index is 14.4. The van der Waals surface area contributed by atoms with Crippen LogP contribution in [0.5, 0.6) is 11.5 Å². The van der Waals surface area contributed by atoms with Crippen molar-refractivity contribution < 1.29 is 27.1 Å². The van der Waals surface area contributed by atoms with E-state index in [0.29, 0.717) is 40.0 Å². The SMILES string of the molecule is COc1ccc(C2=NN(C(=O)CN(c3ccc(OC)cc3)S(=O)(=O)c3cccc4cnccc34)C(c3ccc(F)cc3)C2)cc1. The van der Waals surface area contributed by atoms with Gasteiger partial charge >= 0.3 is 0 Å². The molecule has 0 radical (unpaired) electrons. The van der Waals surface area contributed by atoms with Crippen LogP contribution in [0, 0.1) is 5.82 Å². The van der Waals surface area contributed by atoms with Gasteiger partial charge in [-0.3, -0.25) is 14.1 Å². The van der Waals surface area contributed by atoms with Gasteiger partial charge in [-0.2, -0.15) is 5.10 Å². The van der Waals surface area contributed by atoms with Gasteiger partial charge in [0.15, 0.2) is 0 Å². The number of hydrazone groups is 1. The lowest BCUT2D eigenvalue weighted by molar-refractivity contribution is -0.131. The zero-order valence-corrected chi connectivity index (χ0v) is 25.3. The Morgan fingerprint density at radius 1 is 0.911 bits per heavy atom. The fourth-order valence-electron chi connectivity index (χ4n) is 5.34. The Bertz CT molecular complexity index is 1980. The number of fused-ring (bicyclic) bond motifs is 1. The molecule has 0 spiro atoms. The lowest BCUT2D eigenvalue weighted by atomic mass is 9.98. The fraction of sp³-hybridized carbons (Fsp3) is 0.147. The van der Waals surface area contributed by atoms with Gasteiger partial charge < -0.3 is 9.47 Å². The molecular weight excluding hydrogens is 595 g/mol. The summed E-state index contributed by atoms with van der Waals surface area (Å²) >= 11 is 0. The zero-order valence-electron chi connectivity index (χ0n) is 24.5. The highest BCUT2D eigenvalue weighted by atomic mass is 32.2. The first-order chi connectivity index (χ1) is 21.8. The van der Waals surface area contributed by atoms with E-state index in [9.17, 15) is 17.6 Å². The fourth-order valence-corrected chi connectivity index (χ4v) is 6.97. The summed E-state index contributed by atoms with van der Waals surface area (Å²) in [7, 11) is -1.19. The Hall–Kier alpha value is -5.29. The van der Waals surface area contributed by atoms with Crippen LogP contribution in [-0.2, 0) is 14.8 Å². The largest absolute Gasteiger partial charge is 0.497 e. The number of aromatic nitrogens is 1. The van der Waals surface area contributed by atoms with Crippen LogP contribution in [0.3, 0.4) is 0 Å². The van der Waals surface area contributed by atoms with Gasteiger partial charge in [0.25, 0.3) is 15.9 Å². The zero-order chi connectivity index (χ0) is 31.6. The molecule has 1 aliphatic heterocycles. The van der Waals surface area contributed by atoms with Gasteiger partial charge in [-0.05, 0) is 83.9 Å². The molecule has 5 aromatic rings. The van der Waals surface area contributed by atoms with E-state index in [1.807, 2.05) is 12.1 Å². The summed E-state index contributed by atoms with van der Waals surface area (Å²) in [5.41, 5.74) is 2.34. The third-order valence-corrected chi connectivity index (χ3v) is 9.52. The molecule has 0 fully saturated rings. The number of carbonyl (C=O) groups is 1. The molecule has 1 atom stereocenters. The van der Waals surface area contributed by atoms with Crippen molar-refractivity contribution in [3.8, 4) is 11.5 Å². The Labute approximate surface area is 260 Å². The molecule has 0 saturated carbocycles. The quantitative estimate of drug-likeness (QED) is 0.201. The van der Waals surface area contributed by atoms with E-state index in [1.165, 1.54) is 36.5 Å². The summed E-state index contributed by atoms with van der Waals surface area (Å²) in [6.07, 6.45) is 3.45. The predicted octanol–water partition coefficient (Wildman–Crippen LogP) is 5.96. The number of pyridine rings is 1. The van der Waals surface area contributed by atoms with Crippen LogP contribution < -0.4 is 13.8 Å². The van der Waals surface area contributed by atoms with Crippen LogP contribution >= 0.6 is 0 Å². The van der Waals surface area contributed by atoms with E-state index in [1.54, 1.807) is 80.0 Å². The number of ether oxygens (including phenoxy) is 2. The van der Waals surface area contributed by atoms with Crippen molar-refractivity contribution in [1.29, 1.82) is 0 Å². The van der Waals surface area contributed by atoms with E-state index >= 15 is 0 Å². The summed E-state index contributed by atoms with van der Waals surface area (Å²) in [5.74, 6) is 0.232. The van der Waals surface area contributed by atoms with Gasteiger partial charge in [-0.15, -0.1) is 0 Å². The number of hydrogen-bond acceptors (Lipinski definition) is 7. The molecule has 6 rings (SSSR count). The van der Waals surface area contributed by atoms with Gasteiger partial charge in [-0.1, -0.05) is 24.3 Å². The van der Waals surface area contributed by atoms with Crippen LogP contribution in [0.15, 0.2) is 119 Å². The molecule has 0 bridgehead atoms. The maximum Gasteiger partial charge on any atom is 0.265 e. The van der Waals surface area contributed by atoms with Crippen molar-refractivity contribution in [3.63, 3.8) is 0 Å². The molecule has 228 valence electrons. The van der Waals surface area contributed by atoms with Gasteiger partial charge in [0.2, 0.25) is 0 Å². The molecule has 1 unspecified atom stereocenters. The van der Waals surface area contributed by atoms with Crippen LogP contribution in [-0.4, -0.2) is 50.8 Å². The highest BCUT2D eigenvalue weighted by Gasteiger charge is 2.37. The summed E-state index contributed by atoms with van der Waals surface area (Å²) in [4.78, 5) is 18.4. The Balaban J connectivity index is 1.42. The summed E-state index contributed by atoms with van der Waals surface area (Å²) in [5, 5.41) is 7.10. The lowest BCUT2D eigenvalue weighted by Crippen LogP contribution is -2.41. The minimum Gasteiger partial charge on any atom is -0.497 e. The number of rotatable bonds is 9. The number of anilines is 1. The second-order valence-electron chi connectivity index (χ2n) is 10.3. The molecule has 1 aliphatic rings. The van der Waals surface area contributed by atoms with Crippen molar-refractivity contribution in [3.05, 3.63) is 126 Å². The average molecular weight is 625 g/mol. The van der Waals surface area contributed by atoms with Crippen molar-refractivity contribution in [2.24, 2.45) is 5.10 Å². The molecule has 2 heterocycles. The van der Waals surface area contributed by atoms with Gasteiger partial charge in [0.05, 0.1) is 36.6 Å². The number of amides is 1. The Morgan fingerprint density at radius 2 is 1.58 bits per heavy atom. The third kappa shape index (κ3) is 5.94. The van der Waals surface area contributed by atoms with Crippen LogP contribution in [0.1, 0.15) is 23.6 Å². The molecule has 1 amide bonds. The first-order valence-corrected chi connectivity index (χ1v) is 15.5. The monoisotopic (exact) mass is 624 g/mol. The van der Waals surface area contributed by atoms with Gasteiger partial charge in [-0.25, -0.2) is 17.8 Å². The number of sulfonamides is 1. The average Bonchev–Trinajstić information content (AvgIpc) is 3.53. The van der Waals surface area contributed by atoms with E-state index in [0.717, 1.165) is 9.87 Å². The van der Waals surface area contributed by atoms with Crippen molar-refractivity contribution >= 4 is 38.1 Å². The van der Waals surface area contributed by atoms with E-state index in [2.05, 4.69) is 10.1 Å². The van der Waals surface area contributed by atoms with Crippen LogP contribution in [0.25, 0.3) is 10.8 Å². The van der Waals surface area contributed by atoms with Crippen molar-refractivity contribution in [2.75, 3.05) is 25.1 Å². The summed E-state index contributed by atoms with van der Waals surface area (Å²) < 4.78 is 54.3. The summed E-state index contributed by atoms with van der Waals surface area (Å²) in [6, 6.07) is 25.6. The Morgan fingerprint density at radius 3 is 2.24 bits per heavy atom. The molecule has 11 heteroatoms. The van der Waals surface area contributed by atoms with E-state index in [4.69, 9.17) is 9.47 Å². The number of methoxy groups -OCH3 is 2. The molecule has 0 aliphatic carbocycles. The molecule has 0 N–H and O–H groups in total. The van der Waals surface area contributed by atoms with Gasteiger partial charge in [0.1, 0.15) is 23.9 Å². The molecule has 4 aromatic carbocycles. The number of nitrogens with zero attached hydrogens (tertiary/aromatic N) is 4. The second-order valence-corrected chi connectivity index (χ2v) is 12.2. The van der Waals surface area contributed by atoms with Crippen LogP contribution in [0.2, 0.25) is 0 Å². The highest BCUT2D eigenvalue weighted by Crippen LogP contribution is 2.35. The first kappa shape index (κ1) is 29.8. The highest BCUT2D eigenvalue weighted by molar-refractivity contribution is 7.93. The smallest absolute Gasteiger partial charge is 0.265 e. The lowest BCUT2D eigenvalue weighted by Gasteiger charge is -2.28. The summed E-state index contributed by atoms with van der Waals surface area (Å²) in [6.45, 7) is -0.548. The molecule has 9 nitrogen and oxygen atoms in total. The topological polar surface area (TPSA) is 101 Å². The number of halogens is 1. The molecule has 1 aromatic heterocycles. The Kier molecular flexibility index (Phi) is 8.18.